The number of hydrogen-bond donors (Lipinski definition) is 2. The number of aromatic nitrogens is 1. The molecule has 4 aromatic rings. The van der Waals surface area contributed by atoms with E-state index in [0.29, 0.717) is 0 Å². The maximum atomic E-state index is 13.6. The molecule has 0 saturated carbocycles. The van der Waals surface area contributed by atoms with Gasteiger partial charge in [0.25, 0.3) is 5.91 Å². The van der Waals surface area contributed by atoms with E-state index in [-0.39, 0.29) is 5.91 Å². The van der Waals surface area contributed by atoms with E-state index >= 15 is 0 Å². The highest BCUT2D eigenvalue weighted by Crippen LogP contribution is 2.39. The van der Waals surface area contributed by atoms with Crippen molar-refractivity contribution in [1.82, 2.24) is 4.98 Å². The number of aryl methyl sites for hydroxylation is 4. The monoisotopic (exact) mass is 469 g/mol. The van der Waals surface area contributed by atoms with Gasteiger partial charge in [0, 0.05) is 38.9 Å². The van der Waals surface area contributed by atoms with E-state index in [2.05, 4.69) is 49.3 Å². The zero-order chi connectivity index (χ0) is 23.7. The quantitative estimate of drug-likeness (QED) is 0.294. The summed E-state index contributed by atoms with van der Waals surface area (Å²) in [5.41, 5.74) is 8.46. The van der Waals surface area contributed by atoms with Gasteiger partial charge in [0.1, 0.15) is 5.00 Å². The summed E-state index contributed by atoms with van der Waals surface area (Å²) < 4.78 is 0. The van der Waals surface area contributed by atoms with E-state index in [1.54, 1.807) is 11.3 Å². The molecule has 1 aliphatic carbocycles. The van der Waals surface area contributed by atoms with Gasteiger partial charge in [0.05, 0.1) is 5.56 Å². The largest absolute Gasteiger partial charge is 0.358 e. The number of H-pyrrole nitrogens is 1. The van der Waals surface area contributed by atoms with E-state index in [9.17, 15) is 4.79 Å². The molecule has 0 bridgehead atoms. The normalized spacial score (nSPS) is 14.2. The molecule has 2 N–H and O–H groups in total. The van der Waals surface area contributed by atoms with E-state index in [0.717, 1.165) is 57.7 Å². The first-order valence-electron chi connectivity index (χ1n) is 12.2. The van der Waals surface area contributed by atoms with Crippen LogP contribution in [0.4, 0.5) is 10.7 Å². The van der Waals surface area contributed by atoms with Crippen LogP contribution in [0.1, 0.15) is 68.9 Å². The summed E-state index contributed by atoms with van der Waals surface area (Å²) in [5.74, 6) is -0.0517. The third kappa shape index (κ3) is 4.45. The molecule has 0 saturated heterocycles. The van der Waals surface area contributed by atoms with Gasteiger partial charge in [0.15, 0.2) is 0 Å². The van der Waals surface area contributed by atoms with Gasteiger partial charge in [-0.1, -0.05) is 37.1 Å². The number of amides is 1. The van der Waals surface area contributed by atoms with E-state index in [1.807, 2.05) is 30.5 Å². The number of nitrogens with zero attached hydrogens (tertiary/aromatic N) is 1. The average molecular weight is 470 g/mol. The highest BCUT2D eigenvalue weighted by atomic mass is 32.1. The number of benzene rings is 2. The highest BCUT2D eigenvalue weighted by molar-refractivity contribution is 7.16. The lowest BCUT2D eigenvalue weighted by molar-refractivity contribution is 0.102. The van der Waals surface area contributed by atoms with Crippen LogP contribution in [0.3, 0.4) is 0 Å². The van der Waals surface area contributed by atoms with Crippen molar-refractivity contribution < 1.29 is 4.79 Å². The van der Waals surface area contributed by atoms with Crippen molar-refractivity contribution in [3.05, 3.63) is 80.9 Å². The van der Waals surface area contributed by atoms with Gasteiger partial charge in [-0.05, 0) is 81.3 Å². The number of anilines is 1. The van der Waals surface area contributed by atoms with Crippen LogP contribution in [0.2, 0.25) is 0 Å². The fourth-order valence-electron chi connectivity index (χ4n) is 4.83. The number of nitrogens with one attached hydrogen (secondary N) is 2. The average Bonchev–Trinajstić information content (AvgIpc) is 3.30. The summed E-state index contributed by atoms with van der Waals surface area (Å²) >= 11 is 1.69. The van der Waals surface area contributed by atoms with Gasteiger partial charge in [0.2, 0.25) is 0 Å². The number of aliphatic imine (C=N–C) groups is 1. The van der Waals surface area contributed by atoms with Crippen LogP contribution in [0, 0.1) is 20.8 Å². The third-order valence-corrected chi connectivity index (χ3v) is 8.10. The molecule has 4 nitrogen and oxygen atoms in total. The SMILES string of the molecule is Cc1ccc(NC(=O)c2c(N=Cc3c(C)[nH]c4ccccc34)sc3c2CCCCCC3)cc1C. The summed E-state index contributed by atoms with van der Waals surface area (Å²) in [6.45, 7) is 6.23. The van der Waals surface area contributed by atoms with Crippen molar-refractivity contribution in [2.75, 3.05) is 5.32 Å². The molecule has 2 heterocycles. The highest BCUT2D eigenvalue weighted by Gasteiger charge is 2.24. The number of rotatable bonds is 4. The van der Waals surface area contributed by atoms with Crippen LogP contribution in [0.15, 0.2) is 47.5 Å². The van der Waals surface area contributed by atoms with Crippen LogP contribution < -0.4 is 5.32 Å². The third-order valence-electron chi connectivity index (χ3n) is 6.90. The second-order valence-corrected chi connectivity index (χ2v) is 10.4. The summed E-state index contributed by atoms with van der Waals surface area (Å²) in [6.07, 6.45) is 8.69. The lowest BCUT2D eigenvalue weighted by Crippen LogP contribution is -2.14. The van der Waals surface area contributed by atoms with Crippen LogP contribution in [0.25, 0.3) is 10.9 Å². The molecule has 5 heteroatoms. The lowest BCUT2D eigenvalue weighted by atomic mass is 9.96. The molecular formula is C29H31N3OS. The Labute approximate surface area is 205 Å². The zero-order valence-corrected chi connectivity index (χ0v) is 20.9. The van der Waals surface area contributed by atoms with Gasteiger partial charge in [-0.2, -0.15) is 0 Å². The molecule has 34 heavy (non-hydrogen) atoms. The molecule has 2 aromatic heterocycles. The van der Waals surface area contributed by atoms with Gasteiger partial charge >= 0.3 is 0 Å². The Kier molecular flexibility index (Phi) is 6.38. The second kappa shape index (κ2) is 9.59. The number of para-hydroxylation sites is 1. The van der Waals surface area contributed by atoms with Crippen molar-refractivity contribution >= 4 is 45.0 Å². The molecule has 2 aromatic carbocycles. The van der Waals surface area contributed by atoms with Gasteiger partial charge in [-0.3, -0.25) is 4.79 Å². The van der Waals surface area contributed by atoms with E-state index in [1.165, 1.54) is 40.8 Å². The molecule has 0 aliphatic heterocycles. The minimum atomic E-state index is -0.0517. The van der Waals surface area contributed by atoms with Gasteiger partial charge in [-0.25, -0.2) is 4.99 Å². The summed E-state index contributed by atoms with van der Waals surface area (Å²) in [6, 6.07) is 14.4. The smallest absolute Gasteiger partial charge is 0.259 e. The first-order chi connectivity index (χ1) is 16.5. The molecule has 174 valence electrons. The summed E-state index contributed by atoms with van der Waals surface area (Å²) in [4.78, 5) is 23.3. The predicted octanol–water partition coefficient (Wildman–Crippen LogP) is 7.82. The number of hydrogen-bond acceptors (Lipinski definition) is 3. The lowest BCUT2D eigenvalue weighted by Gasteiger charge is -2.12. The second-order valence-electron chi connectivity index (χ2n) is 9.32. The molecule has 0 radical (unpaired) electrons. The minimum absolute atomic E-state index is 0.0517. The maximum Gasteiger partial charge on any atom is 0.259 e. The van der Waals surface area contributed by atoms with Crippen molar-refractivity contribution in [2.45, 2.75) is 59.3 Å². The minimum Gasteiger partial charge on any atom is -0.358 e. The molecule has 1 amide bonds. The van der Waals surface area contributed by atoms with Crippen LogP contribution in [-0.2, 0) is 12.8 Å². The molecule has 0 fully saturated rings. The summed E-state index contributed by atoms with van der Waals surface area (Å²) in [5, 5.41) is 5.13. The predicted molar refractivity (Wildman–Crippen MR) is 144 cm³/mol. The van der Waals surface area contributed by atoms with Crippen molar-refractivity contribution in [3.8, 4) is 0 Å². The van der Waals surface area contributed by atoms with Crippen LogP contribution in [0.5, 0.6) is 0 Å². The molecule has 5 rings (SSSR count). The Hall–Kier alpha value is -3.18. The Bertz CT molecular complexity index is 1390. The summed E-state index contributed by atoms with van der Waals surface area (Å²) in [7, 11) is 0. The topological polar surface area (TPSA) is 57.2 Å². The number of fused-ring (bicyclic) bond motifs is 2. The Balaban J connectivity index is 1.55. The number of carbonyl (C=O) groups excluding carboxylic acids is 1. The fraction of sp³-hybridized carbons (Fsp3) is 0.310. The Morgan fingerprint density at radius 2 is 1.79 bits per heavy atom. The van der Waals surface area contributed by atoms with E-state index < -0.39 is 0 Å². The zero-order valence-electron chi connectivity index (χ0n) is 20.1. The Morgan fingerprint density at radius 1 is 1.00 bits per heavy atom. The van der Waals surface area contributed by atoms with Crippen LogP contribution in [-0.4, -0.2) is 17.1 Å². The first-order valence-corrected chi connectivity index (χ1v) is 13.0. The number of thiophene rings is 1. The van der Waals surface area contributed by atoms with Crippen LogP contribution >= 0.6 is 11.3 Å². The molecule has 0 atom stereocenters. The van der Waals surface area contributed by atoms with E-state index in [4.69, 9.17) is 4.99 Å². The number of carbonyl (C=O) groups is 1. The number of aromatic amines is 1. The van der Waals surface area contributed by atoms with Crippen molar-refractivity contribution in [2.24, 2.45) is 4.99 Å². The van der Waals surface area contributed by atoms with Crippen molar-refractivity contribution in [3.63, 3.8) is 0 Å². The Morgan fingerprint density at radius 3 is 2.62 bits per heavy atom. The fourth-order valence-corrected chi connectivity index (χ4v) is 6.06. The molecule has 1 aliphatic rings. The standard InChI is InChI=1S/C29H31N3OS/c1-18-14-15-21(16-19(18)2)32-28(33)27-23-11-6-4-5-7-13-26(23)34-29(27)30-17-24-20(3)31-25-12-9-8-10-22(24)25/h8-10,12,14-17,31H,4-7,11,13H2,1-3H3,(H,32,33). The first kappa shape index (κ1) is 22.6. The maximum absolute atomic E-state index is 13.6. The molecular weight excluding hydrogens is 438 g/mol. The van der Waals surface area contributed by atoms with Crippen molar-refractivity contribution in [1.29, 1.82) is 0 Å². The molecule has 0 unspecified atom stereocenters. The van der Waals surface area contributed by atoms with Gasteiger partial charge in [-0.15, -0.1) is 11.3 Å². The van der Waals surface area contributed by atoms with Gasteiger partial charge < -0.3 is 10.3 Å². The molecule has 0 spiro atoms.